The molecule has 5 aromatic rings. The van der Waals surface area contributed by atoms with Crippen molar-refractivity contribution in [2.75, 3.05) is 0 Å². The Kier molecular flexibility index (Phi) is 5.89. The van der Waals surface area contributed by atoms with E-state index in [0.29, 0.717) is 39.3 Å². The van der Waals surface area contributed by atoms with Gasteiger partial charge in [-0.15, -0.1) is 0 Å². The predicted molar refractivity (Wildman–Crippen MR) is 129 cm³/mol. The van der Waals surface area contributed by atoms with E-state index in [-0.39, 0.29) is 16.1 Å². The number of nitrogens with one attached hydrogen (secondary N) is 1. The van der Waals surface area contributed by atoms with E-state index in [1.165, 1.54) is 6.07 Å². The zero-order valence-electron chi connectivity index (χ0n) is 18.2. The third-order valence-electron chi connectivity index (χ3n) is 5.88. The molecule has 0 spiro atoms. The van der Waals surface area contributed by atoms with Crippen molar-refractivity contribution in [3.8, 4) is 17.2 Å². The van der Waals surface area contributed by atoms with E-state index in [1.54, 1.807) is 24.3 Å². The summed E-state index contributed by atoms with van der Waals surface area (Å²) in [6.07, 6.45) is 1.59. The van der Waals surface area contributed by atoms with Crippen LogP contribution in [0.4, 0.5) is 8.78 Å². The molecule has 5 nitrogen and oxygen atoms in total. The summed E-state index contributed by atoms with van der Waals surface area (Å²) in [5.74, 6) is -1.69. The SMILES string of the molecule is N#Cc1ccc2nc(C(Cc3ccccc3)c3ccc(-c4c(F)ccc(Cl)c4F)c[n+]3[O-])[nH]c2c1. The third kappa shape index (κ3) is 4.32. The predicted octanol–water partition coefficient (Wildman–Crippen LogP) is 6.04. The van der Waals surface area contributed by atoms with Crippen molar-refractivity contribution in [3.05, 3.63) is 124 Å². The summed E-state index contributed by atoms with van der Waals surface area (Å²) in [6.45, 7) is 0. The van der Waals surface area contributed by atoms with Crippen LogP contribution < -0.4 is 4.73 Å². The van der Waals surface area contributed by atoms with Crippen LogP contribution in [0.25, 0.3) is 22.2 Å². The minimum atomic E-state index is -0.925. The zero-order chi connectivity index (χ0) is 24.5. The first-order valence-electron chi connectivity index (χ1n) is 10.8. The number of nitrogens with zero attached hydrogens (tertiary/aromatic N) is 3. The molecule has 172 valence electrons. The van der Waals surface area contributed by atoms with Gasteiger partial charge in [0.15, 0.2) is 12.0 Å². The molecule has 5 rings (SSSR count). The van der Waals surface area contributed by atoms with Crippen molar-refractivity contribution in [2.45, 2.75) is 12.3 Å². The first kappa shape index (κ1) is 22.5. The zero-order valence-corrected chi connectivity index (χ0v) is 18.9. The van der Waals surface area contributed by atoms with E-state index in [9.17, 15) is 19.2 Å². The maximum atomic E-state index is 14.6. The Bertz CT molecular complexity index is 1590. The number of aromatic nitrogens is 3. The number of hydrogen-bond donors (Lipinski definition) is 1. The number of H-pyrrole nitrogens is 1. The Labute approximate surface area is 204 Å². The number of hydrogen-bond acceptors (Lipinski definition) is 3. The van der Waals surface area contributed by atoms with Crippen molar-refractivity contribution in [3.63, 3.8) is 0 Å². The largest absolute Gasteiger partial charge is 0.618 e. The summed E-state index contributed by atoms with van der Waals surface area (Å²) in [5, 5.41) is 22.2. The first-order chi connectivity index (χ1) is 16.9. The number of pyridine rings is 1. The molecule has 0 aliphatic carbocycles. The average Bonchev–Trinajstić information content (AvgIpc) is 3.29. The second kappa shape index (κ2) is 9.16. The number of imidazole rings is 1. The minimum absolute atomic E-state index is 0.0722. The lowest BCUT2D eigenvalue weighted by Crippen LogP contribution is -2.34. The molecule has 0 radical (unpaired) electrons. The summed E-state index contributed by atoms with van der Waals surface area (Å²) in [6, 6.07) is 22.1. The summed E-state index contributed by atoms with van der Waals surface area (Å²) in [4.78, 5) is 7.90. The van der Waals surface area contributed by atoms with E-state index in [0.717, 1.165) is 23.9 Å². The molecule has 0 aliphatic heterocycles. The molecule has 0 bridgehead atoms. The van der Waals surface area contributed by atoms with Gasteiger partial charge in [-0.1, -0.05) is 41.9 Å². The normalized spacial score (nSPS) is 11.9. The number of rotatable bonds is 5. The van der Waals surface area contributed by atoms with Crippen LogP contribution in [0, 0.1) is 28.2 Å². The van der Waals surface area contributed by atoms with Crippen molar-refractivity contribution in [1.29, 1.82) is 5.26 Å². The molecule has 0 fully saturated rings. The van der Waals surface area contributed by atoms with Crippen molar-refractivity contribution < 1.29 is 13.5 Å². The number of fused-ring (bicyclic) bond motifs is 1. The van der Waals surface area contributed by atoms with Crippen LogP contribution in [0.5, 0.6) is 0 Å². The molecule has 1 N–H and O–H groups in total. The highest BCUT2D eigenvalue weighted by Crippen LogP contribution is 2.32. The Morgan fingerprint density at radius 1 is 1.06 bits per heavy atom. The lowest BCUT2D eigenvalue weighted by Gasteiger charge is -2.16. The number of halogens is 3. The molecule has 35 heavy (non-hydrogen) atoms. The lowest BCUT2D eigenvalue weighted by molar-refractivity contribution is -0.614. The van der Waals surface area contributed by atoms with E-state index in [4.69, 9.17) is 11.6 Å². The van der Waals surface area contributed by atoms with Gasteiger partial charge in [-0.25, -0.2) is 13.8 Å². The van der Waals surface area contributed by atoms with Crippen molar-refractivity contribution in [1.82, 2.24) is 9.97 Å². The van der Waals surface area contributed by atoms with Crippen LogP contribution in [0.3, 0.4) is 0 Å². The van der Waals surface area contributed by atoms with Crippen LogP contribution in [0.2, 0.25) is 5.02 Å². The number of nitriles is 1. The highest BCUT2D eigenvalue weighted by Gasteiger charge is 2.27. The highest BCUT2D eigenvalue weighted by molar-refractivity contribution is 6.31. The van der Waals surface area contributed by atoms with Crippen molar-refractivity contribution >= 4 is 22.6 Å². The molecule has 8 heteroatoms. The first-order valence-corrected chi connectivity index (χ1v) is 11.1. The minimum Gasteiger partial charge on any atom is -0.618 e. The molecule has 2 heterocycles. The van der Waals surface area contributed by atoms with Gasteiger partial charge in [0.05, 0.1) is 38.8 Å². The molecule has 0 aliphatic rings. The third-order valence-corrected chi connectivity index (χ3v) is 6.17. The van der Waals surface area contributed by atoms with Gasteiger partial charge in [0.1, 0.15) is 17.6 Å². The fraction of sp³-hybridized carbons (Fsp3) is 0.0741. The van der Waals surface area contributed by atoms with Crippen molar-refractivity contribution in [2.24, 2.45) is 0 Å². The van der Waals surface area contributed by atoms with E-state index in [2.05, 4.69) is 16.0 Å². The maximum absolute atomic E-state index is 14.6. The maximum Gasteiger partial charge on any atom is 0.203 e. The molecule has 0 amide bonds. The highest BCUT2D eigenvalue weighted by atomic mass is 35.5. The van der Waals surface area contributed by atoms with E-state index in [1.807, 2.05) is 30.3 Å². The van der Waals surface area contributed by atoms with Crippen LogP contribution in [-0.2, 0) is 6.42 Å². The van der Waals surface area contributed by atoms with Gasteiger partial charge in [0.2, 0.25) is 5.69 Å². The Morgan fingerprint density at radius 3 is 2.60 bits per heavy atom. The van der Waals surface area contributed by atoms with Gasteiger partial charge in [0, 0.05) is 6.07 Å². The molecule has 1 unspecified atom stereocenters. The van der Waals surface area contributed by atoms with Gasteiger partial charge in [-0.05, 0) is 48.4 Å². The van der Waals surface area contributed by atoms with Gasteiger partial charge in [0.25, 0.3) is 0 Å². The molecule has 1 atom stereocenters. The van der Waals surface area contributed by atoms with E-state index < -0.39 is 17.6 Å². The quantitative estimate of drug-likeness (QED) is 0.187. The van der Waals surface area contributed by atoms with Gasteiger partial charge >= 0.3 is 0 Å². The summed E-state index contributed by atoms with van der Waals surface area (Å²) in [7, 11) is 0. The Morgan fingerprint density at radius 2 is 1.86 bits per heavy atom. The number of benzene rings is 3. The molecular formula is C27H17ClF2N4O. The summed E-state index contributed by atoms with van der Waals surface area (Å²) in [5.41, 5.74) is 2.86. The second-order valence-corrected chi connectivity index (χ2v) is 8.50. The van der Waals surface area contributed by atoms with Gasteiger partial charge in [-0.2, -0.15) is 9.99 Å². The smallest absolute Gasteiger partial charge is 0.203 e. The molecule has 0 saturated heterocycles. The Hall–Kier alpha value is -4.28. The fourth-order valence-corrected chi connectivity index (χ4v) is 4.31. The second-order valence-electron chi connectivity index (χ2n) is 8.09. The van der Waals surface area contributed by atoms with Gasteiger partial charge in [-0.3, -0.25) is 0 Å². The van der Waals surface area contributed by atoms with Crippen LogP contribution in [0.15, 0.2) is 79.0 Å². The average molecular weight is 487 g/mol. The number of aromatic amines is 1. The van der Waals surface area contributed by atoms with Crippen LogP contribution in [0.1, 0.15) is 28.6 Å². The monoisotopic (exact) mass is 486 g/mol. The standard InChI is InChI=1S/C27H17ClF2N4O/c28-20-8-9-21(29)25(26(20)30)18-7-11-24(34(35)15-18)19(12-16-4-2-1-3-5-16)27-32-22-10-6-17(14-31)13-23(22)33-27/h1-11,13,15,19H,12H2,(H,32,33). The van der Waals surface area contributed by atoms with Gasteiger partial charge < -0.3 is 10.2 Å². The summed E-state index contributed by atoms with van der Waals surface area (Å²) < 4.78 is 29.5. The fourth-order valence-electron chi connectivity index (χ4n) is 4.16. The molecule has 0 saturated carbocycles. The lowest BCUT2D eigenvalue weighted by atomic mass is 9.94. The summed E-state index contributed by atoms with van der Waals surface area (Å²) >= 11 is 5.83. The molecule has 3 aromatic carbocycles. The van der Waals surface area contributed by atoms with Crippen LogP contribution >= 0.6 is 11.6 Å². The van der Waals surface area contributed by atoms with E-state index >= 15 is 0 Å². The molecule has 2 aromatic heterocycles. The molecular weight excluding hydrogens is 470 g/mol. The van der Waals surface area contributed by atoms with Crippen LogP contribution in [-0.4, -0.2) is 9.97 Å². The topological polar surface area (TPSA) is 79.4 Å². The Balaban J connectivity index is 1.62.